The lowest BCUT2D eigenvalue weighted by Gasteiger charge is -2.27. The van der Waals surface area contributed by atoms with Gasteiger partial charge in [0.25, 0.3) is 0 Å². The summed E-state index contributed by atoms with van der Waals surface area (Å²) < 4.78 is 25.3. The summed E-state index contributed by atoms with van der Waals surface area (Å²) in [6, 6.07) is 14.0. The van der Waals surface area contributed by atoms with E-state index in [1.165, 1.54) is 6.07 Å². The first-order chi connectivity index (χ1) is 13.7. The zero-order chi connectivity index (χ0) is 19.3. The molecule has 1 fully saturated rings. The van der Waals surface area contributed by atoms with E-state index in [9.17, 15) is 9.18 Å². The quantitative estimate of drug-likeness (QED) is 0.857. The van der Waals surface area contributed by atoms with Crippen LogP contribution in [0.2, 0.25) is 0 Å². The smallest absolute Gasteiger partial charge is 0.322 e. The molecule has 28 heavy (non-hydrogen) atoms. The van der Waals surface area contributed by atoms with Gasteiger partial charge in [-0.3, -0.25) is 0 Å². The van der Waals surface area contributed by atoms with Gasteiger partial charge in [-0.05, 0) is 30.2 Å². The van der Waals surface area contributed by atoms with Crippen molar-refractivity contribution >= 4 is 17.3 Å². The fourth-order valence-corrected chi connectivity index (χ4v) is 3.47. The van der Waals surface area contributed by atoms with Gasteiger partial charge in [0.2, 0.25) is 0 Å². The first kappa shape index (κ1) is 18.5. The molecule has 0 unspecified atom stereocenters. The average molecular weight is 382 g/mol. The molecule has 2 aromatic carbocycles. The highest BCUT2D eigenvalue weighted by molar-refractivity contribution is 5.91. The van der Waals surface area contributed by atoms with Crippen molar-refractivity contribution in [2.24, 2.45) is 0 Å². The number of para-hydroxylation sites is 2. The lowest BCUT2D eigenvalue weighted by atomic mass is 9.99. The average Bonchev–Trinajstić information content (AvgIpc) is 3.23. The zero-order valence-corrected chi connectivity index (χ0v) is 15.6. The van der Waals surface area contributed by atoms with Crippen LogP contribution in [0.25, 0.3) is 5.57 Å². The van der Waals surface area contributed by atoms with Crippen LogP contribution in [-0.2, 0) is 4.74 Å². The van der Waals surface area contributed by atoms with Crippen LogP contribution < -0.4 is 10.1 Å². The molecule has 2 heterocycles. The molecule has 4 rings (SSSR count). The van der Waals surface area contributed by atoms with E-state index < -0.39 is 0 Å². The Labute approximate surface area is 163 Å². The van der Waals surface area contributed by atoms with Crippen molar-refractivity contribution in [2.45, 2.75) is 18.9 Å². The SMILES string of the molecule is O=C(Nc1ccccc1O[C@H]1CCOC1)N1CC=C(c2ccccc2F)CC1. The molecule has 1 atom stereocenters. The van der Waals surface area contributed by atoms with Crippen LogP contribution in [0.4, 0.5) is 14.9 Å². The monoisotopic (exact) mass is 382 g/mol. The Bertz CT molecular complexity index is 878. The fourth-order valence-electron chi connectivity index (χ4n) is 3.47. The maximum atomic E-state index is 14.0. The van der Waals surface area contributed by atoms with Gasteiger partial charge in [-0.15, -0.1) is 0 Å². The molecular weight excluding hydrogens is 359 g/mol. The summed E-state index contributed by atoms with van der Waals surface area (Å²) in [4.78, 5) is 14.4. The standard InChI is InChI=1S/C22H23FN2O3/c23-19-6-2-1-5-18(19)16-9-12-25(13-10-16)22(26)24-20-7-3-4-8-21(20)28-17-11-14-27-15-17/h1-9,17H,10-15H2,(H,24,26)/t17-/m0/s1. The Morgan fingerprint density at radius 3 is 2.75 bits per heavy atom. The van der Waals surface area contributed by atoms with Gasteiger partial charge in [0.1, 0.15) is 17.7 Å². The van der Waals surface area contributed by atoms with Gasteiger partial charge in [-0.2, -0.15) is 0 Å². The number of urea groups is 1. The van der Waals surface area contributed by atoms with Crippen molar-refractivity contribution in [1.29, 1.82) is 0 Å². The molecule has 0 radical (unpaired) electrons. The number of hydrogen-bond donors (Lipinski definition) is 1. The topological polar surface area (TPSA) is 50.8 Å². The molecule has 1 saturated heterocycles. The summed E-state index contributed by atoms with van der Waals surface area (Å²) >= 11 is 0. The summed E-state index contributed by atoms with van der Waals surface area (Å²) in [5.41, 5.74) is 2.19. The van der Waals surface area contributed by atoms with Gasteiger partial charge < -0.3 is 19.7 Å². The Kier molecular flexibility index (Phi) is 5.58. The molecule has 0 spiro atoms. The van der Waals surface area contributed by atoms with Crippen molar-refractivity contribution in [1.82, 2.24) is 4.90 Å². The van der Waals surface area contributed by atoms with E-state index in [1.807, 2.05) is 36.4 Å². The summed E-state index contributed by atoms with van der Waals surface area (Å²) in [6.07, 6.45) is 3.39. The van der Waals surface area contributed by atoms with E-state index in [0.717, 1.165) is 12.0 Å². The van der Waals surface area contributed by atoms with Gasteiger partial charge in [0.05, 0.1) is 18.9 Å². The second-order valence-electron chi connectivity index (χ2n) is 6.93. The number of nitrogens with zero attached hydrogens (tertiary/aromatic N) is 1. The van der Waals surface area contributed by atoms with Crippen LogP contribution in [0.15, 0.2) is 54.6 Å². The number of benzene rings is 2. The number of carbonyl (C=O) groups excluding carboxylic acids is 1. The molecule has 2 amide bonds. The number of carbonyl (C=O) groups is 1. The Morgan fingerprint density at radius 2 is 2.00 bits per heavy atom. The highest BCUT2D eigenvalue weighted by Gasteiger charge is 2.22. The van der Waals surface area contributed by atoms with Crippen molar-refractivity contribution in [2.75, 3.05) is 31.6 Å². The molecule has 2 aliphatic rings. The number of amides is 2. The number of nitrogens with one attached hydrogen (secondary N) is 1. The Morgan fingerprint density at radius 1 is 1.18 bits per heavy atom. The van der Waals surface area contributed by atoms with Crippen LogP contribution >= 0.6 is 0 Å². The number of rotatable bonds is 4. The minimum atomic E-state index is -0.228. The van der Waals surface area contributed by atoms with Crippen molar-refractivity contribution < 1.29 is 18.7 Å². The van der Waals surface area contributed by atoms with E-state index in [4.69, 9.17) is 9.47 Å². The molecule has 2 aromatic rings. The van der Waals surface area contributed by atoms with E-state index in [-0.39, 0.29) is 18.0 Å². The minimum absolute atomic E-state index is 0.0132. The first-order valence-corrected chi connectivity index (χ1v) is 9.54. The van der Waals surface area contributed by atoms with Gasteiger partial charge in [0.15, 0.2) is 0 Å². The molecule has 2 aliphatic heterocycles. The third-order valence-corrected chi connectivity index (χ3v) is 5.03. The van der Waals surface area contributed by atoms with Crippen molar-refractivity contribution in [3.63, 3.8) is 0 Å². The molecule has 0 saturated carbocycles. The number of ether oxygens (including phenoxy) is 2. The number of anilines is 1. The molecule has 0 bridgehead atoms. The van der Waals surface area contributed by atoms with E-state index in [2.05, 4.69) is 5.32 Å². The lowest BCUT2D eigenvalue weighted by Crippen LogP contribution is -2.38. The predicted molar refractivity (Wildman–Crippen MR) is 106 cm³/mol. The van der Waals surface area contributed by atoms with Crippen LogP contribution in [0.5, 0.6) is 5.75 Å². The van der Waals surface area contributed by atoms with Crippen molar-refractivity contribution in [3.05, 3.63) is 66.0 Å². The van der Waals surface area contributed by atoms with Gasteiger partial charge in [0, 0.05) is 25.1 Å². The van der Waals surface area contributed by atoms with E-state index in [1.54, 1.807) is 17.0 Å². The third-order valence-electron chi connectivity index (χ3n) is 5.03. The summed E-state index contributed by atoms with van der Waals surface area (Å²) in [5.74, 6) is 0.416. The Hall–Kier alpha value is -2.86. The van der Waals surface area contributed by atoms with Crippen LogP contribution in [-0.4, -0.2) is 43.3 Å². The molecule has 5 nitrogen and oxygen atoms in total. The maximum Gasteiger partial charge on any atom is 0.322 e. The van der Waals surface area contributed by atoms with Crippen LogP contribution in [0, 0.1) is 5.82 Å². The minimum Gasteiger partial charge on any atom is -0.486 e. The molecule has 146 valence electrons. The van der Waals surface area contributed by atoms with Gasteiger partial charge in [-0.25, -0.2) is 9.18 Å². The summed E-state index contributed by atoms with van der Waals surface area (Å²) in [6.45, 7) is 2.24. The molecule has 1 N–H and O–H groups in total. The molecular formula is C22H23FN2O3. The maximum absolute atomic E-state index is 14.0. The normalized spacial score (nSPS) is 19.2. The highest BCUT2D eigenvalue weighted by atomic mass is 19.1. The molecule has 6 heteroatoms. The first-order valence-electron chi connectivity index (χ1n) is 9.54. The second kappa shape index (κ2) is 8.44. The fraction of sp³-hybridized carbons (Fsp3) is 0.318. The van der Waals surface area contributed by atoms with E-state index in [0.29, 0.717) is 49.7 Å². The number of hydrogen-bond acceptors (Lipinski definition) is 3. The van der Waals surface area contributed by atoms with Crippen molar-refractivity contribution in [3.8, 4) is 5.75 Å². The van der Waals surface area contributed by atoms with E-state index >= 15 is 0 Å². The second-order valence-corrected chi connectivity index (χ2v) is 6.93. The summed E-state index contributed by atoms with van der Waals surface area (Å²) in [7, 11) is 0. The summed E-state index contributed by atoms with van der Waals surface area (Å²) in [5, 5.41) is 2.94. The Balaban J connectivity index is 1.40. The largest absolute Gasteiger partial charge is 0.486 e. The van der Waals surface area contributed by atoms with Gasteiger partial charge in [-0.1, -0.05) is 36.4 Å². The predicted octanol–water partition coefficient (Wildman–Crippen LogP) is 4.31. The zero-order valence-electron chi connectivity index (χ0n) is 15.6. The molecule has 0 aromatic heterocycles. The van der Waals surface area contributed by atoms with Gasteiger partial charge >= 0.3 is 6.03 Å². The molecule has 0 aliphatic carbocycles. The van der Waals surface area contributed by atoms with Crippen LogP contribution in [0.1, 0.15) is 18.4 Å². The lowest BCUT2D eigenvalue weighted by molar-refractivity contribution is 0.142. The number of halogens is 1. The third kappa shape index (κ3) is 4.17. The highest BCUT2D eigenvalue weighted by Crippen LogP contribution is 2.28. The van der Waals surface area contributed by atoms with Crippen LogP contribution in [0.3, 0.4) is 0 Å².